The van der Waals surface area contributed by atoms with E-state index in [1.165, 1.54) is 0 Å². The van der Waals surface area contributed by atoms with Crippen LogP contribution < -0.4 is 16.9 Å². The van der Waals surface area contributed by atoms with Crippen molar-refractivity contribution in [3.05, 3.63) is 0 Å². The number of amides is 2. The summed E-state index contributed by atoms with van der Waals surface area (Å²) in [5, 5.41) is 0. The molecule has 0 saturated carbocycles. The fraction of sp³-hybridized carbons (Fsp3) is 0.667. The first-order valence-electron chi connectivity index (χ1n) is 3.47. The zero-order chi connectivity index (χ0) is 9.56. The van der Waals surface area contributed by atoms with Gasteiger partial charge in [-0.3, -0.25) is 14.4 Å². The van der Waals surface area contributed by atoms with E-state index >= 15 is 0 Å². The highest BCUT2D eigenvalue weighted by Crippen LogP contribution is 1.84. The Bertz CT molecular complexity index is 169. The lowest BCUT2D eigenvalue weighted by Gasteiger charge is -2.05. The average molecular weight is 175 g/mol. The number of hydroxylamine groups is 1. The van der Waals surface area contributed by atoms with Crippen LogP contribution in [-0.2, 0) is 14.4 Å². The molecule has 6 nitrogen and oxygen atoms in total. The fourth-order valence-electron chi connectivity index (χ4n) is 0.522. The molecular weight excluding hydrogens is 162 g/mol. The molecule has 0 spiro atoms. The van der Waals surface area contributed by atoms with Crippen LogP contribution >= 0.6 is 0 Å². The maximum atomic E-state index is 10.8. The van der Waals surface area contributed by atoms with Crippen LogP contribution in [-0.4, -0.2) is 24.5 Å². The Morgan fingerprint density at radius 2 is 2.17 bits per heavy atom. The molecular formula is C6H13N3O3. The SMILES string of the molecule is CC(N)CC(=O)NOCC(N)=O. The van der Waals surface area contributed by atoms with Crippen LogP contribution in [0.2, 0.25) is 0 Å². The number of nitrogens with two attached hydrogens (primary N) is 2. The Morgan fingerprint density at radius 1 is 1.58 bits per heavy atom. The molecule has 5 N–H and O–H groups in total. The number of nitrogens with one attached hydrogen (secondary N) is 1. The summed E-state index contributed by atoms with van der Waals surface area (Å²) in [7, 11) is 0. The maximum absolute atomic E-state index is 10.8. The predicted molar refractivity (Wildman–Crippen MR) is 41.6 cm³/mol. The van der Waals surface area contributed by atoms with Crippen molar-refractivity contribution in [2.45, 2.75) is 19.4 Å². The lowest BCUT2D eigenvalue weighted by atomic mass is 10.2. The molecule has 1 atom stereocenters. The predicted octanol–water partition coefficient (Wildman–Crippen LogP) is -1.74. The standard InChI is InChI=1S/C6H13N3O3/c1-4(7)2-6(11)9-12-3-5(8)10/h4H,2-3,7H2,1H3,(H2,8,10)(H,9,11). The van der Waals surface area contributed by atoms with Crippen molar-refractivity contribution in [2.24, 2.45) is 11.5 Å². The first kappa shape index (κ1) is 10.9. The van der Waals surface area contributed by atoms with E-state index in [0.29, 0.717) is 0 Å². The van der Waals surface area contributed by atoms with Gasteiger partial charge >= 0.3 is 0 Å². The van der Waals surface area contributed by atoms with Gasteiger partial charge in [-0.2, -0.15) is 0 Å². The highest BCUT2D eigenvalue weighted by Gasteiger charge is 2.04. The fourth-order valence-corrected chi connectivity index (χ4v) is 0.522. The molecule has 0 fully saturated rings. The number of carbonyl (C=O) groups excluding carboxylic acids is 2. The molecule has 70 valence electrons. The Labute approximate surface area is 70.2 Å². The molecule has 0 bridgehead atoms. The number of rotatable bonds is 5. The molecule has 6 heteroatoms. The normalized spacial score (nSPS) is 12.2. The molecule has 1 unspecified atom stereocenters. The largest absolute Gasteiger partial charge is 0.368 e. The minimum atomic E-state index is -0.643. The van der Waals surface area contributed by atoms with E-state index in [1.54, 1.807) is 6.92 Å². The lowest BCUT2D eigenvalue weighted by Crippen LogP contribution is -2.32. The quantitative estimate of drug-likeness (QED) is 0.431. The Kier molecular flexibility index (Phi) is 4.98. The smallest absolute Gasteiger partial charge is 0.246 e. The monoisotopic (exact) mass is 175 g/mol. The minimum Gasteiger partial charge on any atom is -0.368 e. The third-order valence-corrected chi connectivity index (χ3v) is 0.908. The summed E-state index contributed by atoms with van der Waals surface area (Å²) in [6.07, 6.45) is 0.152. The Balaban J connectivity index is 3.38. The summed E-state index contributed by atoms with van der Waals surface area (Å²) in [5.41, 5.74) is 12.1. The van der Waals surface area contributed by atoms with Crippen molar-refractivity contribution < 1.29 is 14.4 Å². The van der Waals surface area contributed by atoms with Crippen LogP contribution in [0.4, 0.5) is 0 Å². The summed E-state index contributed by atoms with van der Waals surface area (Å²) >= 11 is 0. The Hall–Kier alpha value is -1.14. The van der Waals surface area contributed by atoms with Crippen molar-refractivity contribution >= 4 is 11.8 Å². The highest BCUT2D eigenvalue weighted by molar-refractivity contribution is 5.77. The van der Waals surface area contributed by atoms with Crippen LogP contribution in [0.25, 0.3) is 0 Å². The zero-order valence-corrected chi connectivity index (χ0v) is 6.87. The van der Waals surface area contributed by atoms with E-state index in [-0.39, 0.29) is 25.0 Å². The van der Waals surface area contributed by atoms with Crippen LogP contribution in [0.3, 0.4) is 0 Å². The van der Waals surface area contributed by atoms with Gasteiger partial charge in [-0.1, -0.05) is 0 Å². The lowest BCUT2D eigenvalue weighted by molar-refractivity contribution is -0.138. The summed E-state index contributed by atoms with van der Waals surface area (Å²) in [4.78, 5) is 25.3. The molecule has 0 heterocycles. The van der Waals surface area contributed by atoms with Crippen LogP contribution in [0.1, 0.15) is 13.3 Å². The van der Waals surface area contributed by atoms with Crippen LogP contribution in [0.15, 0.2) is 0 Å². The summed E-state index contributed by atoms with van der Waals surface area (Å²) in [6.45, 7) is 1.36. The van der Waals surface area contributed by atoms with E-state index in [9.17, 15) is 9.59 Å². The van der Waals surface area contributed by atoms with Gasteiger partial charge in [0.1, 0.15) is 0 Å². The molecule has 0 aliphatic heterocycles. The summed E-state index contributed by atoms with van der Waals surface area (Å²) in [5.74, 6) is -1.01. The van der Waals surface area contributed by atoms with Crippen molar-refractivity contribution in [3.8, 4) is 0 Å². The third kappa shape index (κ3) is 6.97. The number of carbonyl (C=O) groups is 2. The molecule has 0 aromatic rings. The minimum absolute atomic E-state index is 0.152. The molecule has 0 aliphatic carbocycles. The number of hydrogen-bond acceptors (Lipinski definition) is 4. The van der Waals surface area contributed by atoms with E-state index in [2.05, 4.69) is 4.84 Å². The number of hydrogen-bond donors (Lipinski definition) is 3. The van der Waals surface area contributed by atoms with Crippen molar-refractivity contribution in [1.82, 2.24) is 5.48 Å². The van der Waals surface area contributed by atoms with Crippen molar-refractivity contribution in [1.29, 1.82) is 0 Å². The molecule has 0 aromatic carbocycles. The van der Waals surface area contributed by atoms with Gasteiger partial charge in [0.05, 0.1) is 0 Å². The molecule has 0 aliphatic rings. The third-order valence-electron chi connectivity index (χ3n) is 0.908. The molecule has 0 aromatic heterocycles. The molecule has 0 saturated heterocycles. The van der Waals surface area contributed by atoms with Gasteiger partial charge in [-0.05, 0) is 6.92 Å². The van der Waals surface area contributed by atoms with Crippen molar-refractivity contribution in [3.63, 3.8) is 0 Å². The number of primary amides is 1. The van der Waals surface area contributed by atoms with E-state index in [1.807, 2.05) is 5.48 Å². The second-order valence-corrected chi connectivity index (χ2v) is 2.46. The summed E-state index contributed by atoms with van der Waals surface area (Å²) in [6, 6.07) is -0.234. The van der Waals surface area contributed by atoms with Gasteiger partial charge in [0.15, 0.2) is 6.61 Å². The molecule has 12 heavy (non-hydrogen) atoms. The van der Waals surface area contributed by atoms with Crippen molar-refractivity contribution in [2.75, 3.05) is 6.61 Å². The van der Waals surface area contributed by atoms with Crippen LogP contribution in [0, 0.1) is 0 Å². The first-order valence-corrected chi connectivity index (χ1v) is 3.47. The molecule has 0 radical (unpaired) electrons. The maximum Gasteiger partial charge on any atom is 0.246 e. The van der Waals surface area contributed by atoms with Gasteiger partial charge < -0.3 is 11.5 Å². The second kappa shape index (κ2) is 5.50. The molecule has 2 amide bonds. The van der Waals surface area contributed by atoms with Gasteiger partial charge in [-0.15, -0.1) is 0 Å². The van der Waals surface area contributed by atoms with Gasteiger partial charge in [0.25, 0.3) is 0 Å². The van der Waals surface area contributed by atoms with E-state index < -0.39 is 5.91 Å². The van der Waals surface area contributed by atoms with Crippen LogP contribution in [0.5, 0.6) is 0 Å². The molecule has 0 rings (SSSR count). The van der Waals surface area contributed by atoms with Gasteiger partial charge in [0.2, 0.25) is 11.8 Å². The van der Waals surface area contributed by atoms with Gasteiger partial charge in [-0.25, -0.2) is 5.48 Å². The van der Waals surface area contributed by atoms with E-state index in [4.69, 9.17) is 11.5 Å². The Morgan fingerprint density at radius 3 is 2.58 bits per heavy atom. The topological polar surface area (TPSA) is 107 Å². The first-order chi connectivity index (χ1) is 5.52. The second-order valence-electron chi connectivity index (χ2n) is 2.46. The van der Waals surface area contributed by atoms with E-state index in [0.717, 1.165) is 0 Å². The summed E-state index contributed by atoms with van der Waals surface area (Å²) < 4.78 is 0. The highest BCUT2D eigenvalue weighted by atomic mass is 16.7. The van der Waals surface area contributed by atoms with Gasteiger partial charge in [0, 0.05) is 12.5 Å². The zero-order valence-electron chi connectivity index (χ0n) is 6.87. The average Bonchev–Trinajstić information content (AvgIpc) is 1.84.